The Morgan fingerprint density at radius 3 is 2.92 bits per heavy atom. The maximum atomic E-state index is 5.41. The molecular formula is C10H16OS. The zero-order valence-electron chi connectivity index (χ0n) is 7.96. The number of thioether (sulfide) groups is 1. The fourth-order valence-corrected chi connectivity index (χ4v) is 1.52. The van der Waals surface area contributed by atoms with Gasteiger partial charge in [0.05, 0.1) is 6.26 Å². The SMILES string of the molecule is CCc1ccoc1CC(C)SC. The standard InChI is InChI=1S/C10H16OS/c1-4-9-5-6-11-10(9)7-8(2)12-3/h5-6,8H,4,7H2,1-3H3. The van der Waals surface area contributed by atoms with E-state index in [0.717, 1.165) is 12.8 Å². The van der Waals surface area contributed by atoms with Gasteiger partial charge in [0.1, 0.15) is 5.76 Å². The fourth-order valence-electron chi connectivity index (χ4n) is 1.21. The van der Waals surface area contributed by atoms with Crippen LogP contribution in [0.1, 0.15) is 25.2 Å². The van der Waals surface area contributed by atoms with Crippen molar-refractivity contribution in [1.82, 2.24) is 0 Å². The Morgan fingerprint density at radius 1 is 1.58 bits per heavy atom. The zero-order valence-corrected chi connectivity index (χ0v) is 8.78. The van der Waals surface area contributed by atoms with Gasteiger partial charge < -0.3 is 4.42 Å². The molecule has 2 heteroatoms. The first-order valence-corrected chi connectivity index (χ1v) is 5.64. The molecule has 0 saturated heterocycles. The normalized spacial score (nSPS) is 13.2. The van der Waals surface area contributed by atoms with Crippen molar-refractivity contribution in [1.29, 1.82) is 0 Å². The van der Waals surface area contributed by atoms with Gasteiger partial charge in [-0.05, 0) is 24.3 Å². The molecule has 0 N–H and O–H groups in total. The van der Waals surface area contributed by atoms with E-state index in [4.69, 9.17) is 4.42 Å². The Balaban J connectivity index is 2.61. The Morgan fingerprint density at radius 2 is 2.33 bits per heavy atom. The van der Waals surface area contributed by atoms with E-state index in [9.17, 15) is 0 Å². The van der Waals surface area contributed by atoms with Gasteiger partial charge >= 0.3 is 0 Å². The minimum absolute atomic E-state index is 0.654. The number of rotatable bonds is 4. The van der Waals surface area contributed by atoms with Crippen molar-refractivity contribution in [3.05, 3.63) is 23.7 Å². The van der Waals surface area contributed by atoms with E-state index in [1.54, 1.807) is 6.26 Å². The second-order valence-corrected chi connectivity index (χ2v) is 4.25. The van der Waals surface area contributed by atoms with Crippen LogP contribution in [0.5, 0.6) is 0 Å². The highest BCUT2D eigenvalue weighted by Gasteiger charge is 2.08. The molecule has 0 radical (unpaired) electrons. The summed E-state index contributed by atoms with van der Waals surface area (Å²) in [5, 5.41) is 0.654. The Bertz CT molecular complexity index is 229. The summed E-state index contributed by atoms with van der Waals surface area (Å²) in [5.74, 6) is 1.17. The van der Waals surface area contributed by atoms with Crippen molar-refractivity contribution < 1.29 is 4.42 Å². The first-order valence-electron chi connectivity index (χ1n) is 4.36. The molecule has 1 aromatic heterocycles. The van der Waals surface area contributed by atoms with E-state index in [0.29, 0.717) is 5.25 Å². The lowest BCUT2D eigenvalue weighted by Crippen LogP contribution is -2.01. The summed E-state index contributed by atoms with van der Waals surface area (Å²) >= 11 is 1.88. The third kappa shape index (κ3) is 2.31. The van der Waals surface area contributed by atoms with Gasteiger partial charge in [-0.3, -0.25) is 0 Å². The molecule has 1 unspecified atom stereocenters. The minimum atomic E-state index is 0.654. The Labute approximate surface area is 78.5 Å². The third-order valence-electron chi connectivity index (χ3n) is 2.09. The van der Waals surface area contributed by atoms with Gasteiger partial charge in [0.15, 0.2) is 0 Å². The van der Waals surface area contributed by atoms with Crippen LogP contribution in [0.25, 0.3) is 0 Å². The van der Waals surface area contributed by atoms with E-state index < -0.39 is 0 Å². The summed E-state index contributed by atoms with van der Waals surface area (Å²) in [7, 11) is 0. The molecule has 0 aromatic carbocycles. The van der Waals surface area contributed by atoms with Crippen molar-refractivity contribution in [3.8, 4) is 0 Å². The van der Waals surface area contributed by atoms with E-state index in [1.165, 1.54) is 11.3 Å². The third-order valence-corrected chi connectivity index (χ3v) is 3.07. The second-order valence-electron chi connectivity index (χ2n) is 2.97. The fraction of sp³-hybridized carbons (Fsp3) is 0.600. The number of hydrogen-bond donors (Lipinski definition) is 0. The lowest BCUT2D eigenvalue weighted by atomic mass is 10.1. The van der Waals surface area contributed by atoms with Gasteiger partial charge in [-0.15, -0.1) is 0 Å². The van der Waals surface area contributed by atoms with Crippen molar-refractivity contribution >= 4 is 11.8 Å². The van der Waals surface area contributed by atoms with Crippen molar-refractivity contribution in [2.45, 2.75) is 31.9 Å². The average Bonchev–Trinajstić information content (AvgIpc) is 2.51. The summed E-state index contributed by atoms with van der Waals surface area (Å²) < 4.78 is 5.41. The molecule has 0 spiro atoms. The molecule has 0 saturated carbocycles. The highest BCUT2D eigenvalue weighted by Crippen LogP contribution is 2.18. The molecule has 1 heterocycles. The summed E-state index contributed by atoms with van der Waals surface area (Å²) in [6.07, 6.45) is 6.06. The summed E-state index contributed by atoms with van der Waals surface area (Å²) in [6.45, 7) is 4.39. The minimum Gasteiger partial charge on any atom is -0.469 e. The smallest absolute Gasteiger partial charge is 0.108 e. The number of hydrogen-bond acceptors (Lipinski definition) is 2. The molecule has 0 aliphatic heterocycles. The molecular weight excluding hydrogens is 168 g/mol. The van der Waals surface area contributed by atoms with E-state index in [-0.39, 0.29) is 0 Å². The summed E-state index contributed by atoms with van der Waals surface area (Å²) in [5.41, 5.74) is 1.36. The molecule has 1 aromatic rings. The van der Waals surface area contributed by atoms with Crippen LogP contribution in [-0.4, -0.2) is 11.5 Å². The zero-order chi connectivity index (χ0) is 8.97. The predicted molar refractivity (Wildman–Crippen MR) is 54.8 cm³/mol. The maximum Gasteiger partial charge on any atom is 0.108 e. The molecule has 0 aliphatic carbocycles. The van der Waals surface area contributed by atoms with Gasteiger partial charge in [0, 0.05) is 11.7 Å². The highest BCUT2D eigenvalue weighted by molar-refractivity contribution is 7.99. The van der Waals surface area contributed by atoms with Gasteiger partial charge in [-0.25, -0.2) is 0 Å². The molecule has 68 valence electrons. The van der Waals surface area contributed by atoms with Crippen molar-refractivity contribution in [2.24, 2.45) is 0 Å². The van der Waals surface area contributed by atoms with Crippen LogP contribution < -0.4 is 0 Å². The molecule has 0 fully saturated rings. The van der Waals surface area contributed by atoms with Crippen LogP contribution in [0.4, 0.5) is 0 Å². The van der Waals surface area contributed by atoms with Crippen molar-refractivity contribution in [2.75, 3.05) is 6.26 Å². The molecule has 0 bridgehead atoms. The van der Waals surface area contributed by atoms with E-state index in [1.807, 2.05) is 11.8 Å². The van der Waals surface area contributed by atoms with E-state index in [2.05, 4.69) is 26.2 Å². The summed E-state index contributed by atoms with van der Waals surface area (Å²) in [4.78, 5) is 0. The van der Waals surface area contributed by atoms with E-state index >= 15 is 0 Å². The second kappa shape index (κ2) is 4.61. The Kier molecular flexibility index (Phi) is 3.73. The van der Waals surface area contributed by atoms with Gasteiger partial charge in [0.2, 0.25) is 0 Å². The first-order chi connectivity index (χ1) is 5.77. The van der Waals surface area contributed by atoms with Gasteiger partial charge in [0.25, 0.3) is 0 Å². The van der Waals surface area contributed by atoms with Crippen LogP contribution in [0, 0.1) is 0 Å². The lowest BCUT2D eigenvalue weighted by Gasteiger charge is -2.06. The van der Waals surface area contributed by atoms with Crippen LogP contribution in [0.15, 0.2) is 16.7 Å². The quantitative estimate of drug-likeness (QED) is 0.713. The average molecular weight is 184 g/mol. The molecule has 1 atom stereocenters. The van der Waals surface area contributed by atoms with Crippen LogP contribution >= 0.6 is 11.8 Å². The largest absolute Gasteiger partial charge is 0.469 e. The monoisotopic (exact) mass is 184 g/mol. The number of aryl methyl sites for hydroxylation is 1. The predicted octanol–water partition coefficient (Wildman–Crippen LogP) is 3.14. The topological polar surface area (TPSA) is 13.1 Å². The van der Waals surface area contributed by atoms with Gasteiger partial charge in [-0.1, -0.05) is 13.8 Å². The maximum absolute atomic E-state index is 5.41. The molecule has 1 nitrogen and oxygen atoms in total. The number of furan rings is 1. The van der Waals surface area contributed by atoms with Crippen LogP contribution in [0.2, 0.25) is 0 Å². The first kappa shape index (κ1) is 9.72. The summed E-state index contributed by atoms with van der Waals surface area (Å²) in [6, 6.07) is 2.07. The Hall–Kier alpha value is -0.370. The molecule has 0 aliphatic rings. The van der Waals surface area contributed by atoms with Crippen molar-refractivity contribution in [3.63, 3.8) is 0 Å². The van der Waals surface area contributed by atoms with Crippen LogP contribution in [0.3, 0.4) is 0 Å². The molecule has 12 heavy (non-hydrogen) atoms. The molecule has 1 rings (SSSR count). The van der Waals surface area contributed by atoms with Gasteiger partial charge in [-0.2, -0.15) is 11.8 Å². The molecule has 0 amide bonds. The van der Waals surface area contributed by atoms with Crippen LogP contribution in [-0.2, 0) is 12.8 Å². The lowest BCUT2D eigenvalue weighted by molar-refractivity contribution is 0.504. The highest BCUT2D eigenvalue weighted by atomic mass is 32.2.